The third-order valence-electron chi connectivity index (χ3n) is 4.90. The second-order valence-corrected chi connectivity index (χ2v) is 7.94. The topological polar surface area (TPSA) is 54.2 Å². The Morgan fingerprint density at radius 3 is 2.40 bits per heavy atom. The van der Waals surface area contributed by atoms with E-state index < -0.39 is 6.10 Å². The summed E-state index contributed by atoms with van der Waals surface area (Å²) in [6, 6.07) is 6.17. The van der Waals surface area contributed by atoms with Gasteiger partial charge < -0.3 is 5.11 Å². The van der Waals surface area contributed by atoms with Crippen molar-refractivity contribution in [3.63, 3.8) is 0 Å². The SMILES string of the molecule is CC(C)(C)n1cc(CN2CCC(C(O)c3ccc(F)cc3)CC2)nn1. The lowest BCUT2D eigenvalue weighted by Crippen LogP contribution is -2.35. The maximum Gasteiger partial charge on any atom is 0.123 e. The number of halogens is 1. The van der Waals surface area contributed by atoms with Gasteiger partial charge >= 0.3 is 0 Å². The first kappa shape index (κ1) is 18.0. The molecule has 3 rings (SSSR count). The van der Waals surface area contributed by atoms with Gasteiger partial charge in [0.25, 0.3) is 0 Å². The van der Waals surface area contributed by atoms with E-state index in [1.54, 1.807) is 12.1 Å². The average Bonchev–Trinajstić information content (AvgIpc) is 3.04. The normalized spacial score (nSPS) is 18.4. The number of hydrogen-bond donors (Lipinski definition) is 1. The predicted octanol–water partition coefficient (Wildman–Crippen LogP) is 3.12. The number of aliphatic hydroxyl groups excluding tert-OH is 1. The summed E-state index contributed by atoms with van der Waals surface area (Å²) in [7, 11) is 0. The van der Waals surface area contributed by atoms with Crippen LogP contribution in [0.3, 0.4) is 0 Å². The van der Waals surface area contributed by atoms with E-state index >= 15 is 0 Å². The Morgan fingerprint density at radius 2 is 1.84 bits per heavy atom. The quantitative estimate of drug-likeness (QED) is 0.924. The Kier molecular flexibility index (Phi) is 5.20. The molecule has 6 heteroatoms. The molecule has 136 valence electrons. The van der Waals surface area contributed by atoms with Crippen LogP contribution in [-0.2, 0) is 12.1 Å². The van der Waals surface area contributed by atoms with Gasteiger partial charge in [-0.25, -0.2) is 9.07 Å². The molecule has 5 nitrogen and oxygen atoms in total. The zero-order valence-electron chi connectivity index (χ0n) is 15.2. The third-order valence-corrected chi connectivity index (χ3v) is 4.90. The van der Waals surface area contributed by atoms with Crippen molar-refractivity contribution in [3.8, 4) is 0 Å². The van der Waals surface area contributed by atoms with Crippen molar-refractivity contribution in [1.29, 1.82) is 0 Å². The molecule has 0 aliphatic carbocycles. The first-order valence-electron chi connectivity index (χ1n) is 8.90. The Morgan fingerprint density at radius 1 is 1.20 bits per heavy atom. The van der Waals surface area contributed by atoms with Crippen molar-refractivity contribution >= 4 is 0 Å². The van der Waals surface area contributed by atoms with Crippen LogP contribution < -0.4 is 0 Å². The number of aromatic nitrogens is 3. The molecule has 1 aliphatic heterocycles. The average molecular weight is 346 g/mol. The fourth-order valence-corrected chi connectivity index (χ4v) is 3.29. The van der Waals surface area contributed by atoms with Gasteiger partial charge in [-0.2, -0.15) is 0 Å². The number of benzene rings is 1. The molecule has 1 saturated heterocycles. The number of aliphatic hydroxyl groups is 1. The molecule has 0 saturated carbocycles. The summed E-state index contributed by atoms with van der Waals surface area (Å²) in [5.41, 5.74) is 1.72. The molecule has 1 aliphatic rings. The van der Waals surface area contributed by atoms with Crippen molar-refractivity contribution in [1.82, 2.24) is 19.9 Å². The van der Waals surface area contributed by atoms with Crippen LogP contribution in [-0.4, -0.2) is 38.1 Å². The highest BCUT2D eigenvalue weighted by atomic mass is 19.1. The highest BCUT2D eigenvalue weighted by Crippen LogP contribution is 2.31. The summed E-state index contributed by atoms with van der Waals surface area (Å²) in [4.78, 5) is 2.35. The van der Waals surface area contributed by atoms with E-state index in [1.165, 1.54) is 12.1 Å². The second kappa shape index (κ2) is 7.22. The van der Waals surface area contributed by atoms with E-state index in [0.29, 0.717) is 0 Å². The van der Waals surface area contributed by atoms with Crippen LogP contribution in [0.5, 0.6) is 0 Å². The summed E-state index contributed by atoms with van der Waals surface area (Å²) < 4.78 is 14.9. The minimum Gasteiger partial charge on any atom is -0.388 e. The van der Waals surface area contributed by atoms with Gasteiger partial charge in [-0.05, 0) is 70.3 Å². The second-order valence-electron chi connectivity index (χ2n) is 7.94. The fourth-order valence-electron chi connectivity index (χ4n) is 3.29. The lowest BCUT2D eigenvalue weighted by atomic mass is 9.87. The van der Waals surface area contributed by atoms with Crippen LogP contribution >= 0.6 is 0 Å². The monoisotopic (exact) mass is 346 g/mol. The van der Waals surface area contributed by atoms with E-state index in [0.717, 1.165) is 43.7 Å². The largest absolute Gasteiger partial charge is 0.388 e. The Labute approximate surface area is 148 Å². The number of nitrogens with zero attached hydrogens (tertiary/aromatic N) is 4. The summed E-state index contributed by atoms with van der Waals surface area (Å²) >= 11 is 0. The van der Waals surface area contributed by atoms with Crippen LogP contribution in [0.1, 0.15) is 51.0 Å². The highest BCUT2D eigenvalue weighted by Gasteiger charge is 2.27. The van der Waals surface area contributed by atoms with Crippen molar-refractivity contribution in [2.45, 2.75) is 51.8 Å². The molecule has 0 bridgehead atoms. The Hall–Kier alpha value is -1.79. The molecule has 0 radical (unpaired) electrons. The van der Waals surface area contributed by atoms with E-state index in [4.69, 9.17) is 0 Å². The minimum absolute atomic E-state index is 0.0580. The molecule has 1 fully saturated rings. The van der Waals surface area contributed by atoms with E-state index in [-0.39, 0.29) is 17.3 Å². The molecular formula is C19H27FN4O. The van der Waals surface area contributed by atoms with Crippen molar-refractivity contribution in [2.75, 3.05) is 13.1 Å². The smallest absolute Gasteiger partial charge is 0.123 e. The lowest BCUT2D eigenvalue weighted by Gasteiger charge is -2.34. The lowest BCUT2D eigenvalue weighted by molar-refractivity contribution is 0.0564. The first-order valence-corrected chi connectivity index (χ1v) is 8.90. The van der Waals surface area contributed by atoms with Gasteiger partial charge in [0.1, 0.15) is 5.82 Å². The van der Waals surface area contributed by atoms with Crippen LogP contribution in [0.2, 0.25) is 0 Å². The summed E-state index contributed by atoms with van der Waals surface area (Å²) in [5, 5.41) is 19.0. The Balaban J connectivity index is 1.53. The van der Waals surface area contributed by atoms with E-state index in [9.17, 15) is 9.50 Å². The molecule has 2 heterocycles. The number of likely N-dealkylation sites (tertiary alicyclic amines) is 1. The minimum atomic E-state index is -0.524. The third kappa shape index (κ3) is 4.44. The van der Waals surface area contributed by atoms with E-state index in [1.807, 2.05) is 10.9 Å². The van der Waals surface area contributed by atoms with Gasteiger partial charge in [0.05, 0.1) is 23.5 Å². The van der Waals surface area contributed by atoms with Gasteiger partial charge in [0.15, 0.2) is 0 Å². The highest BCUT2D eigenvalue weighted by molar-refractivity contribution is 5.19. The molecule has 1 aromatic heterocycles. The number of rotatable bonds is 4. The van der Waals surface area contributed by atoms with Gasteiger partial charge in [-0.15, -0.1) is 5.10 Å². The van der Waals surface area contributed by atoms with Gasteiger partial charge in [0, 0.05) is 6.54 Å². The summed E-state index contributed by atoms with van der Waals surface area (Å²) in [6.45, 7) is 8.95. The zero-order chi connectivity index (χ0) is 18.0. The Bertz CT molecular complexity index is 684. The summed E-state index contributed by atoms with van der Waals surface area (Å²) in [6.07, 6.45) is 3.33. The van der Waals surface area contributed by atoms with Crippen molar-refractivity contribution in [2.24, 2.45) is 5.92 Å². The van der Waals surface area contributed by atoms with Gasteiger partial charge in [-0.1, -0.05) is 17.3 Å². The number of piperidine rings is 1. The van der Waals surface area contributed by atoms with Crippen molar-refractivity contribution < 1.29 is 9.50 Å². The number of hydrogen-bond acceptors (Lipinski definition) is 4. The zero-order valence-corrected chi connectivity index (χ0v) is 15.2. The molecule has 0 spiro atoms. The maximum absolute atomic E-state index is 13.0. The molecule has 1 aromatic carbocycles. The molecule has 2 aromatic rings. The van der Waals surface area contributed by atoms with Crippen LogP contribution in [0.4, 0.5) is 4.39 Å². The van der Waals surface area contributed by atoms with E-state index in [2.05, 4.69) is 36.0 Å². The standard InChI is InChI=1S/C19H27FN4O/c1-19(2,3)24-13-17(21-22-24)12-23-10-8-15(9-11-23)18(25)14-4-6-16(20)7-5-14/h4-7,13,15,18,25H,8-12H2,1-3H3. The molecule has 0 amide bonds. The van der Waals surface area contributed by atoms with Crippen LogP contribution in [0.25, 0.3) is 0 Å². The van der Waals surface area contributed by atoms with Gasteiger partial charge in [0.2, 0.25) is 0 Å². The molecule has 1 atom stereocenters. The van der Waals surface area contributed by atoms with Crippen LogP contribution in [0.15, 0.2) is 30.5 Å². The maximum atomic E-state index is 13.0. The molecule has 1 N–H and O–H groups in total. The van der Waals surface area contributed by atoms with Gasteiger partial charge in [-0.3, -0.25) is 4.90 Å². The predicted molar refractivity (Wildman–Crippen MR) is 94.4 cm³/mol. The van der Waals surface area contributed by atoms with Crippen molar-refractivity contribution in [3.05, 3.63) is 47.5 Å². The molecule has 25 heavy (non-hydrogen) atoms. The first-order chi connectivity index (χ1) is 11.8. The fraction of sp³-hybridized carbons (Fsp3) is 0.579. The summed E-state index contributed by atoms with van der Waals surface area (Å²) in [5.74, 6) is -0.0546. The molecular weight excluding hydrogens is 319 g/mol. The molecule has 1 unspecified atom stereocenters. The van der Waals surface area contributed by atoms with Crippen LogP contribution in [0, 0.1) is 11.7 Å².